The van der Waals surface area contributed by atoms with Crippen LogP contribution in [0.25, 0.3) is 0 Å². The van der Waals surface area contributed by atoms with Gasteiger partial charge in [-0.2, -0.15) is 0 Å². The summed E-state index contributed by atoms with van der Waals surface area (Å²) in [6, 6.07) is 17.3. The standard InChI is InChI=1S/C26H19Cl2N3O5/c1-14-5-8-17(23(32)29-13-15-6-9-16(10-7-15)26(35)36)11-20(14)30-22-21(28)24(33)31(25(22)34)19-4-2-3-18(27)12-19/h2-12,30H,13H2,1H3,(H,29,32)(H,35,36). The molecule has 3 N–H and O–H groups in total. The lowest BCUT2D eigenvalue weighted by Crippen LogP contribution is -2.32. The van der Waals surface area contributed by atoms with Crippen molar-refractivity contribution in [3.63, 3.8) is 0 Å². The Hall–Kier alpha value is -4.14. The van der Waals surface area contributed by atoms with Gasteiger partial charge in [0.15, 0.2) is 0 Å². The smallest absolute Gasteiger partial charge is 0.335 e. The summed E-state index contributed by atoms with van der Waals surface area (Å²) in [5, 5.41) is 14.7. The molecule has 1 heterocycles. The third-order valence-corrected chi connectivity index (χ3v) is 6.09. The number of hydrogen-bond donors (Lipinski definition) is 3. The van der Waals surface area contributed by atoms with Gasteiger partial charge >= 0.3 is 5.97 Å². The van der Waals surface area contributed by atoms with Gasteiger partial charge in [-0.05, 0) is 60.5 Å². The summed E-state index contributed by atoms with van der Waals surface area (Å²) in [7, 11) is 0. The average Bonchev–Trinajstić information content (AvgIpc) is 3.07. The zero-order valence-corrected chi connectivity index (χ0v) is 20.4. The lowest BCUT2D eigenvalue weighted by atomic mass is 10.1. The minimum Gasteiger partial charge on any atom is -0.478 e. The number of nitrogens with one attached hydrogen (secondary N) is 2. The minimum atomic E-state index is -1.03. The summed E-state index contributed by atoms with van der Waals surface area (Å²) in [5.74, 6) is -2.74. The molecule has 182 valence electrons. The number of aryl methyl sites for hydroxylation is 1. The van der Waals surface area contributed by atoms with Gasteiger partial charge in [0, 0.05) is 22.8 Å². The number of benzene rings is 3. The van der Waals surface area contributed by atoms with Crippen molar-refractivity contribution >= 4 is 58.3 Å². The maximum absolute atomic E-state index is 13.0. The molecule has 0 aromatic heterocycles. The maximum Gasteiger partial charge on any atom is 0.335 e. The van der Waals surface area contributed by atoms with E-state index in [0.717, 1.165) is 10.5 Å². The second-order valence-corrected chi connectivity index (χ2v) is 8.77. The Morgan fingerprint density at radius 1 is 0.917 bits per heavy atom. The normalized spacial score (nSPS) is 13.2. The van der Waals surface area contributed by atoms with Gasteiger partial charge in [0.2, 0.25) is 0 Å². The molecular formula is C26H19Cl2N3O5. The number of carboxylic acid groups (broad SMARTS) is 1. The molecule has 0 aliphatic carbocycles. The van der Waals surface area contributed by atoms with Gasteiger partial charge in [-0.15, -0.1) is 0 Å². The fourth-order valence-corrected chi connectivity index (χ4v) is 3.94. The number of carbonyl (C=O) groups excluding carboxylic acids is 3. The van der Waals surface area contributed by atoms with E-state index in [1.165, 1.54) is 18.2 Å². The Labute approximate surface area is 216 Å². The van der Waals surface area contributed by atoms with E-state index in [-0.39, 0.29) is 34.4 Å². The van der Waals surface area contributed by atoms with E-state index in [0.29, 0.717) is 21.8 Å². The van der Waals surface area contributed by atoms with Gasteiger partial charge in [-0.1, -0.05) is 47.5 Å². The van der Waals surface area contributed by atoms with Crippen LogP contribution < -0.4 is 15.5 Å². The van der Waals surface area contributed by atoms with E-state index in [2.05, 4.69) is 10.6 Å². The molecule has 4 rings (SSSR count). The first-order valence-corrected chi connectivity index (χ1v) is 11.4. The monoisotopic (exact) mass is 523 g/mol. The van der Waals surface area contributed by atoms with E-state index >= 15 is 0 Å². The van der Waals surface area contributed by atoms with Crippen LogP contribution in [0, 0.1) is 6.92 Å². The number of carbonyl (C=O) groups is 4. The lowest BCUT2D eigenvalue weighted by molar-refractivity contribution is -0.120. The summed E-state index contributed by atoms with van der Waals surface area (Å²) >= 11 is 12.2. The number of hydrogen-bond acceptors (Lipinski definition) is 5. The first kappa shape index (κ1) is 25.0. The van der Waals surface area contributed by atoms with Gasteiger partial charge in [-0.3, -0.25) is 14.4 Å². The number of imide groups is 1. The molecule has 1 aliphatic heterocycles. The number of nitrogens with zero attached hydrogens (tertiary/aromatic N) is 1. The highest BCUT2D eigenvalue weighted by Gasteiger charge is 2.39. The van der Waals surface area contributed by atoms with E-state index < -0.39 is 17.8 Å². The highest BCUT2D eigenvalue weighted by atomic mass is 35.5. The van der Waals surface area contributed by atoms with Crippen molar-refractivity contribution in [1.29, 1.82) is 0 Å². The Morgan fingerprint density at radius 3 is 2.28 bits per heavy atom. The zero-order chi connectivity index (χ0) is 26.0. The lowest BCUT2D eigenvalue weighted by Gasteiger charge is -2.16. The van der Waals surface area contributed by atoms with Crippen molar-refractivity contribution < 1.29 is 24.3 Å². The van der Waals surface area contributed by atoms with Crippen LogP contribution in [0.2, 0.25) is 5.02 Å². The number of rotatable bonds is 7. The molecule has 3 aromatic rings. The van der Waals surface area contributed by atoms with E-state index in [1.54, 1.807) is 55.5 Å². The number of halogens is 2. The van der Waals surface area contributed by atoms with Crippen molar-refractivity contribution in [2.24, 2.45) is 0 Å². The Morgan fingerprint density at radius 2 is 1.61 bits per heavy atom. The molecule has 0 saturated heterocycles. The van der Waals surface area contributed by atoms with Crippen LogP contribution in [-0.4, -0.2) is 28.8 Å². The van der Waals surface area contributed by atoms with Crippen molar-refractivity contribution in [3.8, 4) is 0 Å². The fourth-order valence-electron chi connectivity index (χ4n) is 3.54. The highest BCUT2D eigenvalue weighted by molar-refractivity contribution is 6.53. The Balaban J connectivity index is 1.50. The zero-order valence-electron chi connectivity index (χ0n) is 18.8. The van der Waals surface area contributed by atoms with Crippen molar-refractivity contribution in [2.75, 3.05) is 10.2 Å². The third-order valence-electron chi connectivity index (χ3n) is 5.51. The van der Waals surface area contributed by atoms with E-state index in [9.17, 15) is 19.2 Å². The summed E-state index contributed by atoms with van der Waals surface area (Å²) in [5.41, 5.74) is 2.51. The van der Waals surface area contributed by atoms with Crippen LogP contribution in [0.3, 0.4) is 0 Å². The Bertz CT molecular complexity index is 1430. The summed E-state index contributed by atoms with van der Waals surface area (Å²) in [6.07, 6.45) is 0. The first-order chi connectivity index (χ1) is 17.2. The molecule has 0 radical (unpaired) electrons. The van der Waals surface area contributed by atoms with Crippen LogP contribution >= 0.6 is 23.2 Å². The Kier molecular flexibility index (Phi) is 7.10. The highest BCUT2D eigenvalue weighted by Crippen LogP contribution is 2.32. The molecule has 0 spiro atoms. The molecule has 36 heavy (non-hydrogen) atoms. The molecule has 0 saturated carbocycles. The van der Waals surface area contributed by atoms with Crippen LogP contribution in [0.4, 0.5) is 11.4 Å². The first-order valence-electron chi connectivity index (χ1n) is 10.7. The SMILES string of the molecule is Cc1ccc(C(=O)NCc2ccc(C(=O)O)cc2)cc1NC1=C(Cl)C(=O)N(c2cccc(Cl)c2)C1=O. The van der Waals surface area contributed by atoms with Gasteiger partial charge < -0.3 is 15.7 Å². The second-order valence-electron chi connectivity index (χ2n) is 7.95. The maximum atomic E-state index is 13.0. The van der Waals surface area contributed by atoms with Crippen LogP contribution in [0.1, 0.15) is 31.8 Å². The minimum absolute atomic E-state index is 0.110. The molecule has 0 atom stereocenters. The molecule has 8 nitrogen and oxygen atoms in total. The quantitative estimate of drug-likeness (QED) is 0.386. The summed E-state index contributed by atoms with van der Waals surface area (Å²) < 4.78 is 0. The molecule has 3 aromatic carbocycles. The van der Waals surface area contributed by atoms with Crippen molar-refractivity contribution in [2.45, 2.75) is 13.5 Å². The van der Waals surface area contributed by atoms with E-state index in [1.807, 2.05) is 0 Å². The van der Waals surface area contributed by atoms with Crippen molar-refractivity contribution in [3.05, 3.63) is 105 Å². The largest absolute Gasteiger partial charge is 0.478 e. The topological polar surface area (TPSA) is 116 Å². The predicted molar refractivity (Wildman–Crippen MR) is 136 cm³/mol. The number of aromatic carboxylic acids is 1. The summed E-state index contributed by atoms with van der Waals surface area (Å²) in [6.45, 7) is 1.96. The fraction of sp³-hybridized carbons (Fsp3) is 0.0769. The molecule has 0 bridgehead atoms. The van der Waals surface area contributed by atoms with E-state index in [4.69, 9.17) is 28.3 Å². The van der Waals surface area contributed by atoms with Crippen LogP contribution in [-0.2, 0) is 16.1 Å². The molecular weight excluding hydrogens is 505 g/mol. The predicted octanol–water partition coefficient (Wildman–Crippen LogP) is 4.71. The van der Waals surface area contributed by atoms with Crippen molar-refractivity contribution in [1.82, 2.24) is 5.32 Å². The molecule has 1 aliphatic rings. The molecule has 10 heteroatoms. The third kappa shape index (κ3) is 5.10. The van der Waals surface area contributed by atoms with Gasteiger partial charge in [-0.25, -0.2) is 9.69 Å². The molecule has 0 unspecified atom stereocenters. The van der Waals surface area contributed by atoms with Gasteiger partial charge in [0.1, 0.15) is 10.7 Å². The van der Waals surface area contributed by atoms with Gasteiger partial charge in [0.05, 0.1) is 11.3 Å². The molecule has 0 fully saturated rings. The molecule has 3 amide bonds. The summed E-state index contributed by atoms with van der Waals surface area (Å²) in [4.78, 5) is 50.4. The van der Waals surface area contributed by atoms with Crippen LogP contribution in [0.15, 0.2) is 77.5 Å². The average molecular weight is 524 g/mol. The second kappa shape index (κ2) is 10.2. The number of carboxylic acids is 1. The van der Waals surface area contributed by atoms with Gasteiger partial charge in [0.25, 0.3) is 17.7 Å². The number of amides is 3. The van der Waals surface area contributed by atoms with Crippen LogP contribution in [0.5, 0.6) is 0 Å². The number of anilines is 2.